The molecule has 0 bridgehead atoms. The fraction of sp³-hybridized carbons (Fsp3) is 0.692. The van der Waals surface area contributed by atoms with Crippen molar-refractivity contribution in [1.29, 1.82) is 0 Å². The van der Waals surface area contributed by atoms with Crippen LogP contribution in [-0.4, -0.2) is 22.6 Å². The first kappa shape index (κ1) is 13.7. The molecular formula is C13H24N4. The van der Waals surface area contributed by atoms with Gasteiger partial charge >= 0.3 is 0 Å². The van der Waals surface area contributed by atoms with Crippen molar-refractivity contribution in [3.05, 3.63) is 11.9 Å². The molecule has 0 amide bonds. The molecular weight excluding hydrogens is 212 g/mol. The summed E-state index contributed by atoms with van der Waals surface area (Å²) in [4.78, 5) is 8.57. The first-order valence-electron chi connectivity index (χ1n) is 6.38. The van der Waals surface area contributed by atoms with Crippen molar-refractivity contribution in [2.45, 2.75) is 47.1 Å². The van der Waals surface area contributed by atoms with Crippen molar-refractivity contribution in [3.63, 3.8) is 0 Å². The van der Waals surface area contributed by atoms with E-state index in [-0.39, 0.29) is 0 Å². The van der Waals surface area contributed by atoms with Crippen LogP contribution < -0.4 is 10.6 Å². The lowest BCUT2D eigenvalue weighted by Gasteiger charge is -2.20. The van der Waals surface area contributed by atoms with E-state index in [1.807, 2.05) is 6.92 Å². The minimum Gasteiger partial charge on any atom is -0.370 e. The molecule has 0 aromatic carbocycles. The monoisotopic (exact) mass is 236 g/mol. The first-order valence-corrected chi connectivity index (χ1v) is 6.38. The molecule has 0 aliphatic heterocycles. The van der Waals surface area contributed by atoms with E-state index in [1.54, 1.807) is 6.33 Å². The van der Waals surface area contributed by atoms with Crippen LogP contribution in [0.1, 0.15) is 39.7 Å². The predicted octanol–water partition coefficient (Wildman–Crippen LogP) is 3.06. The minimum absolute atomic E-state index is 0.405. The Bertz CT molecular complexity index is 349. The molecule has 96 valence electrons. The van der Waals surface area contributed by atoms with Gasteiger partial charge < -0.3 is 10.6 Å². The standard InChI is InChI=1S/C13H24N4/c1-6-7-14-12-10(4)13(16-8-15-12)17-11(5)9(2)3/h8-9,11H,6-7H2,1-5H3,(H2,14,15,16,17). The zero-order valence-corrected chi connectivity index (χ0v) is 11.5. The minimum atomic E-state index is 0.405. The summed E-state index contributed by atoms with van der Waals surface area (Å²) in [6, 6.07) is 0.405. The SMILES string of the molecule is CCCNc1ncnc(NC(C)C(C)C)c1C. The van der Waals surface area contributed by atoms with Crippen LogP contribution in [0.25, 0.3) is 0 Å². The van der Waals surface area contributed by atoms with E-state index in [0.29, 0.717) is 12.0 Å². The summed E-state index contributed by atoms with van der Waals surface area (Å²) >= 11 is 0. The van der Waals surface area contributed by atoms with E-state index < -0.39 is 0 Å². The van der Waals surface area contributed by atoms with Gasteiger partial charge in [0, 0.05) is 18.2 Å². The van der Waals surface area contributed by atoms with Gasteiger partial charge in [-0.15, -0.1) is 0 Å². The van der Waals surface area contributed by atoms with E-state index in [0.717, 1.165) is 30.2 Å². The third-order valence-electron chi connectivity index (χ3n) is 2.99. The maximum atomic E-state index is 4.31. The lowest BCUT2D eigenvalue weighted by atomic mass is 10.1. The van der Waals surface area contributed by atoms with Crippen LogP contribution >= 0.6 is 0 Å². The van der Waals surface area contributed by atoms with Crippen molar-refractivity contribution in [2.24, 2.45) is 5.92 Å². The highest BCUT2D eigenvalue weighted by Crippen LogP contribution is 2.20. The molecule has 0 aliphatic carbocycles. The molecule has 1 unspecified atom stereocenters. The van der Waals surface area contributed by atoms with E-state index in [2.05, 4.69) is 48.3 Å². The molecule has 1 rings (SSSR count). The largest absolute Gasteiger partial charge is 0.370 e. The second kappa shape index (κ2) is 6.42. The lowest BCUT2D eigenvalue weighted by molar-refractivity contribution is 0.558. The van der Waals surface area contributed by atoms with Gasteiger partial charge in [-0.25, -0.2) is 9.97 Å². The summed E-state index contributed by atoms with van der Waals surface area (Å²) in [5.74, 6) is 2.44. The molecule has 0 spiro atoms. The van der Waals surface area contributed by atoms with Crippen molar-refractivity contribution < 1.29 is 0 Å². The highest BCUT2D eigenvalue weighted by Gasteiger charge is 2.11. The number of aromatic nitrogens is 2. The summed E-state index contributed by atoms with van der Waals surface area (Å²) in [6.45, 7) is 11.7. The third kappa shape index (κ3) is 3.88. The molecule has 1 aromatic rings. The number of rotatable bonds is 6. The van der Waals surface area contributed by atoms with Crippen LogP contribution in [0.5, 0.6) is 0 Å². The second-order valence-electron chi connectivity index (χ2n) is 4.80. The number of nitrogens with one attached hydrogen (secondary N) is 2. The van der Waals surface area contributed by atoms with Crippen LogP contribution in [0.2, 0.25) is 0 Å². The molecule has 4 heteroatoms. The Kier molecular flexibility index (Phi) is 5.19. The maximum absolute atomic E-state index is 4.31. The van der Waals surface area contributed by atoms with Gasteiger partial charge in [0.15, 0.2) is 0 Å². The van der Waals surface area contributed by atoms with Gasteiger partial charge in [0.2, 0.25) is 0 Å². The van der Waals surface area contributed by atoms with Crippen LogP contribution in [-0.2, 0) is 0 Å². The van der Waals surface area contributed by atoms with Gasteiger partial charge in [-0.2, -0.15) is 0 Å². The molecule has 1 atom stereocenters. The molecule has 1 heterocycles. The highest BCUT2D eigenvalue weighted by atomic mass is 15.1. The Morgan fingerprint density at radius 3 is 2.41 bits per heavy atom. The number of nitrogens with zero attached hydrogens (tertiary/aromatic N) is 2. The van der Waals surface area contributed by atoms with Crippen LogP contribution in [0.3, 0.4) is 0 Å². The number of anilines is 2. The van der Waals surface area contributed by atoms with E-state index >= 15 is 0 Å². The lowest BCUT2D eigenvalue weighted by Crippen LogP contribution is -2.23. The number of hydrogen-bond donors (Lipinski definition) is 2. The van der Waals surface area contributed by atoms with Crippen LogP contribution in [0.15, 0.2) is 6.33 Å². The molecule has 0 saturated heterocycles. The quantitative estimate of drug-likeness (QED) is 0.797. The van der Waals surface area contributed by atoms with Crippen molar-refractivity contribution >= 4 is 11.6 Å². The molecule has 1 aromatic heterocycles. The zero-order chi connectivity index (χ0) is 12.8. The summed E-state index contributed by atoms with van der Waals surface area (Å²) in [5.41, 5.74) is 1.09. The molecule has 0 aliphatic rings. The average molecular weight is 236 g/mol. The molecule has 0 saturated carbocycles. The Hall–Kier alpha value is -1.32. The summed E-state index contributed by atoms with van der Waals surface area (Å²) < 4.78 is 0. The Labute approximate surface area is 104 Å². The summed E-state index contributed by atoms with van der Waals surface area (Å²) in [6.07, 6.45) is 2.70. The normalized spacial score (nSPS) is 12.6. The molecule has 0 fully saturated rings. The van der Waals surface area contributed by atoms with Crippen LogP contribution in [0, 0.1) is 12.8 Å². The molecule has 0 radical (unpaired) electrons. The molecule has 17 heavy (non-hydrogen) atoms. The Morgan fingerprint density at radius 2 is 1.82 bits per heavy atom. The van der Waals surface area contributed by atoms with Gasteiger partial charge in [0.25, 0.3) is 0 Å². The number of hydrogen-bond acceptors (Lipinski definition) is 4. The fourth-order valence-electron chi connectivity index (χ4n) is 1.40. The predicted molar refractivity (Wildman–Crippen MR) is 73.5 cm³/mol. The van der Waals surface area contributed by atoms with Gasteiger partial charge in [-0.05, 0) is 26.2 Å². The average Bonchev–Trinajstić information content (AvgIpc) is 2.30. The summed E-state index contributed by atoms with van der Waals surface area (Å²) in [5, 5.41) is 6.75. The van der Waals surface area contributed by atoms with Gasteiger partial charge in [0.05, 0.1) is 0 Å². The maximum Gasteiger partial charge on any atom is 0.134 e. The summed E-state index contributed by atoms with van der Waals surface area (Å²) in [7, 11) is 0. The zero-order valence-electron chi connectivity index (χ0n) is 11.5. The van der Waals surface area contributed by atoms with Crippen molar-refractivity contribution in [2.75, 3.05) is 17.2 Å². The van der Waals surface area contributed by atoms with E-state index in [4.69, 9.17) is 0 Å². The van der Waals surface area contributed by atoms with Crippen molar-refractivity contribution in [1.82, 2.24) is 9.97 Å². The molecule has 4 nitrogen and oxygen atoms in total. The van der Waals surface area contributed by atoms with Gasteiger partial charge in [-0.1, -0.05) is 20.8 Å². The van der Waals surface area contributed by atoms with E-state index in [9.17, 15) is 0 Å². The third-order valence-corrected chi connectivity index (χ3v) is 2.99. The Morgan fingerprint density at radius 1 is 1.18 bits per heavy atom. The van der Waals surface area contributed by atoms with Gasteiger partial charge in [0.1, 0.15) is 18.0 Å². The van der Waals surface area contributed by atoms with Crippen LogP contribution in [0.4, 0.5) is 11.6 Å². The van der Waals surface area contributed by atoms with E-state index in [1.165, 1.54) is 0 Å². The fourth-order valence-corrected chi connectivity index (χ4v) is 1.40. The Balaban J connectivity index is 2.79. The molecule has 2 N–H and O–H groups in total. The first-order chi connectivity index (χ1) is 8.06. The topological polar surface area (TPSA) is 49.8 Å². The van der Waals surface area contributed by atoms with Gasteiger partial charge in [-0.3, -0.25) is 0 Å². The van der Waals surface area contributed by atoms with Crippen molar-refractivity contribution in [3.8, 4) is 0 Å². The highest BCUT2D eigenvalue weighted by molar-refractivity contribution is 5.56. The smallest absolute Gasteiger partial charge is 0.134 e. The second-order valence-corrected chi connectivity index (χ2v) is 4.80.